The van der Waals surface area contributed by atoms with Crippen LogP contribution in [0.1, 0.15) is 50.2 Å². The predicted molar refractivity (Wildman–Crippen MR) is 199 cm³/mol. The van der Waals surface area contributed by atoms with Crippen LogP contribution in [0.3, 0.4) is 0 Å². The lowest BCUT2D eigenvalue weighted by molar-refractivity contribution is -0.150. The van der Waals surface area contributed by atoms with Crippen molar-refractivity contribution < 1.29 is 29.0 Å². The van der Waals surface area contributed by atoms with E-state index < -0.39 is 19.8 Å². The number of aliphatic hydroxyl groups is 1. The Morgan fingerprint density at radius 3 is 2.44 bits per heavy atom. The third-order valence-electron chi connectivity index (χ3n) is 11.7. The predicted octanol–water partition coefficient (Wildman–Crippen LogP) is 5.72. The zero-order valence-electron chi connectivity index (χ0n) is 29.2. The number of halogens is 1. The number of anilines is 2. The minimum Gasteiger partial charge on any atom is -0.497 e. The summed E-state index contributed by atoms with van der Waals surface area (Å²) in [7, 11) is -0.778. The van der Waals surface area contributed by atoms with Crippen LogP contribution < -0.4 is 19.7 Å². The SMILES string of the molecule is COc1ccc([Si](C)(C)[C@H]2[C@H](CC(=O)N3CCC[C@H]3CO)O[C@@]3(C(=O)N(Cc4ccc(N5CCCC5=O)cc4)c4ccc(Br)cc43)[C@@H]2C)cc1. The number of rotatable bonds is 9. The Morgan fingerprint density at radius 2 is 1.78 bits per heavy atom. The maximum Gasteiger partial charge on any atom is 0.264 e. The lowest BCUT2D eigenvalue weighted by Gasteiger charge is -2.37. The highest BCUT2D eigenvalue weighted by atomic mass is 79.9. The van der Waals surface area contributed by atoms with E-state index >= 15 is 4.79 Å². The summed E-state index contributed by atoms with van der Waals surface area (Å²) in [5.41, 5.74) is 2.08. The number of fused-ring (bicyclic) bond motifs is 2. The molecule has 3 fully saturated rings. The number of aliphatic hydroxyl groups excluding tert-OH is 1. The zero-order valence-corrected chi connectivity index (χ0v) is 31.8. The van der Waals surface area contributed by atoms with Gasteiger partial charge in [0.25, 0.3) is 5.91 Å². The van der Waals surface area contributed by atoms with E-state index in [1.165, 1.54) is 5.19 Å². The van der Waals surface area contributed by atoms with Crippen LogP contribution in [0.2, 0.25) is 18.6 Å². The van der Waals surface area contributed by atoms with Gasteiger partial charge in [0.1, 0.15) is 5.75 Å². The second kappa shape index (κ2) is 13.6. The molecule has 4 aliphatic heterocycles. The van der Waals surface area contributed by atoms with Crippen molar-refractivity contribution in [2.75, 3.05) is 36.6 Å². The molecule has 3 saturated heterocycles. The molecular weight excluding hydrogens is 714 g/mol. The fourth-order valence-corrected chi connectivity index (χ4v) is 13.5. The standard InChI is InChI=1S/C39H46BrN3O6Si/c1-25-37(50(3,4)31-16-14-30(48-2)15-17-31)34(22-36(46)42-19-5-7-29(42)24-44)49-39(25)32-21-27(40)11-18-33(32)43(38(39)47)23-26-9-12-28(13-10-26)41-20-6-8-35(41)45/h9-18,21,25,29,34,37,44H,5-8,19-20,22-24H2,1-4H3/t25-,29+,34+,37-,39+/m1/s1. The topological polar surface area (TPSA) is 99.6 Å². The van der Waals surface area contributed by atoms with Crippen molar-refractivity contribution in [3.8, 4) is 5.75 Å². The van der Waals surface area contributed by atoms with Crippen LogP contribution in [-0.2, 0) is 31.3 Å². The van der Waals surface area contributed by atoms with Crippen LogP contribution in [0.4, 0.5) is 11.4 Å². The number of benzene rings is 3. The Morgan fingerprint density at radius 1 is 1.04 bits per heavy atom. The molecule has 4 aliphatic rings. The Hall–Kier alpha value is -3.51. The van der Waals surface area contributed by atoms with Gasteiger partial charge in [-0.3, -0.25) is 14.4 Å². The van der Waals surface area contributed by atoms with Crippen LogP contribution in [0.15, 0.2) is 71.2 Å². The van der Waals surface area contributed by atoms with Gasteiger partial charge in [-0.05, 0) is 72.8 Å². The number of likely N-dealkylation sites (tertiary alicyclic amines) is 1. The number of methoxy groups -OCH3 is 1. The maximum atomic E-state index is 15.1. The van der Waals surface area contributed by atoms with E-state index in [2.05, 4.69) is 48.1 Å². The number of carbonyl (C=O) groups excluding carboxylic acids is 3. The molecule has 264 valence electrons. The molecule has 9 nitrogen and oxygen atoms in total. The fraction of sp³-hybridized carbons (Fsp3) is 0.462. The number of carbonyl (C=O) groups is 3. The van der Waals surface area contributed by atoms with Crippen molar-refractivity contribution in [2.24, 2.45) is 5.92 Å². The fourth-order valence-electron chi connectivity index (χ4n) is 9.17. The van der Waals surface area contributed by atoms with Crippen LogP contribution >= 0.6 is 15.9 Å². The molecule has 3 aromatic carbocycles. The Balaban J connectivity index is 1.26. The van der Waals surface area contributed by atoms with Crippen LogP contribution in [0.25, 0.3) is 0 Å². The van der Waals surface area contributed by atoms with E-state index in [0.717, 1.165) is 58.5 Å². The minimum atomic E-state index is -2.43. The summed E-state index contributed by atoms with van der Waals surface area (Å²) in [6.45, 7) is 8.39. The Labute approximate surface area is 303 Å². The van der Waals surface area contributed by atoms with Gasteiger partial charge in [-0.25, -0.2) is 0 Å². The Bertz CT molecular complexity index is 1790. The van der Waals surface area contributed by atoms with Crippen molar-refractivity contribution in [1.82, 2.24) is 4.90 Å². The quantitative estimate of drug-likeness (QED) is 0.281. The summed E-state index contributed by atoms with van der Waals surface area (Å²) < 4.78 is 13.5. The normalized spacial score (nSPS) is 26.4. The highest BCUT2D eigenvalue weighted by molar-refractivity contribution is 9.10. The van der Waals surface area contributed by atoms with Gasteiger partial charge in [-0.2, -0.15) is 0 Å². The second-order valence-corrected chi connectivity index (χ2v) is 20.4. The average Bonchev–Trinajstić information content (AvgIpc) is 3.88. The molecule has 0 radical (unpaired) electrons. The van der Waals surface area contributed by atoms with Crippen molar-refractivity contribution in [2.45, 2.75) is 82.0 Å². The van der Waals surface area contributed by atoms with Gasteiger partial charge in [0.15, 0.2) is 5.60 Å². The van der Waals surface area contributed by atoms with Crippen LogP contribution in [0.5, 0.6) is 5.75 Å². The van der Waals surface area contributed by atoms with Gasteiger partial charge < -0.3 is 29.3 Å². The molecule has 0 aromatic heterocycles. The van der Waals surface area contributed by atoms with Crippen molar-refractivity contribution in [3.05, 3.63) is 82.3 Å². The number of nitrogens with zero attached hydrogens (tertiary/aromatic N) is 3. The highest BCUT2D eigenvalue weighted by Crippen LogP contribution is 2.60. The molecule has 50 heavy (non-hydrogen) atoms. The first kappa shape index (κ1) is 34.9. The van der Waals surface area contributed by atoms with Crippen molar-refractivity contribution in [1.29, 1.82) is 0 Å². The smallest absolute Gasteiger partial charge is 0.264 e. The van der Waals surface area contributed by atoms with Gasteiger partial charge in [-0.1, -0.05) is 65.4 Å². The van der Waals surface area contributed by atoms with Crippen LogP contribution in [0, 0.1) is 5.92 Å². The molecule has 5 atom stereocenters. The zero-order chi connectivity index (χ0) is 35.4. The summed E-state index contributed by atoms with van der Waals surface area (Å²) in [6, 6.07) is 21.9. The molecule has 4 heterocycles. The minimum absolute atomic E-state index is 0.0336. The van der Waals surface area contributed by atoms with Gasteiger partial charge >= 0.3 is 0 Å². The third kappa shape index (κ3) is 5.80. The van der Waals surface area contributed by atoms with Crippen molar-refractivity contribution in [3.63, 3.8) is 0 Å². The summed E-state index contributed by atoms with van der Waals surface area (Å²) in [5.74, 6) is 0.522. The lowest BCUT2D eigenvalue weighted by atomic mass is 9.82. The molecule has 3 amide bonds. The van der Waals surface area contributed by atoms with E-state index in [0.29, 0.717) is 19.5 Å². The van der Waals surface area contributed by atoms with E-state index in [4.69, 9.17) is 9.47 Å². The average molecular weight is 761 g/mol. The number of hydrogen-bond acceptors (Lipinski definition) is 6. The second-order valence-electron chi connectivity index (χ2n) is 14.8. The van der Waals surface area contributed by atoms with Gasteiger partial charge in [0.05, 0.1) is 52.6 Å². The molecule has 0 bridgehead atoms. The summed E-state index contributed by atoms with van der Waals surface area (Å²) in [5, 5.41) is 11.2. The van der Waals surface area contributed by atoms with Crippen LogP contribution in [-0.4, -0.2) is 74.8 Å². The molecule has 1 spiro atoms. The Kier molecular flexibility index (Phi) is 9.47. The molecule has 1 N–H and O–H groups in total. The molecular formula is C39H46BrN3O6Si. The number of amides is 3. The van der Waals surface area contributed by atoms with E-state index in [-0.39, 0.29) is 48.3 Å². The third-order valence-corrected chi connectivity index (χ3v) is 16.6. The van der Waals surface area contributed by atoms with E-state index in [1.807, 2.05) is 69.3 Å². The summed E-state index contributed by atoms with van der Waals surface area (Å²) in [6.07, 6.45) is 2.72. The first-order valence-electron chi connectivity index (χ1n) is 17.7. The monoisotopic (exact) mass is 759 g/mol. The summed E-state index contributed by atoms with van der Waals surface area (Å²) >= 11 is 3.68. The first-order chi connectivity index (χ1) is 24.0. The molecule has 0 aliphatic carbocycles. The van der Waals surface area contributed by atoms with Crippen molar-refractivity contribution >= 4 is 58.3 Å². The number of ether oxygens (including phenoxy) is 2. The maximum absolute atomic E-state index is 15.1. The molecule has 0 unspecified atom stereocenters. The van der Waals surface area contributed by atoms with Gasteiger partial charge in [0.2, 0.25) is 11.8 Å². The van der Waals surface area contributed by atoms with Gasteiger partial charge in [0, 0.05) is 41.2 Å². The lowest BCUT2D eigenvalue weighted by Crippen LogP contribution is -2.52. The molecule has 3 aromatic rings. The number of hydrogen-bond donors (Lipinski definition) is 1. The summed E-state index contributed by atoms with van der Waals surface area (Å²) in [4.78, 5) is 46.9. The highest BCUT2D eigenvalue weighted by Gasteiger charge is 2.66. The molecule has 11 heteroatoms. The van der Waals surface area contributed by atoms with Gasteiger partial charge in [-0.15, -0.1) is 0 Å². The first-order valence-corrected chi connectivity index (χ1v) is 21.6. The van der Waals surface area contributed by atoms with E-state index in [9.17, 15) is 14.7 Å². The molecule has 7 rings (SSSR count). The molecule has 0 saturated carbocycles. The van der Waals surface area contributed by atoms with E-state index in [1.54, 1.807) is 7.11 Å². The largest absolute Gasteiger partial charge is 0.497 e.